The predicted octanol–water partition coefficient (Wildman–Crippen LogP) is 5.33. The van der Waals surface area contributed by atoms with Gasteiger partial charge in [0, 0.05) is 0 Å². The monoisotopic (exact) mass is 433 g/mol. The maximum Gasteiger partial charge on any atom is 0.263 e. The Morgan fingerprint density at radius 3 is 2.00 bits per heavy atom. The van der Waals surface area contributed by atoms with Gasteiger partial charge < -0.3 is 14.8 Å². The van der Waals surface area contributed by atoms with Gasteiger partial charge in [-0.25, -0.2) is 0 Å². The molecular formula is C24H19NO3S2. The van der Waals surface area contributed by atoms with E-state index in [-0.39, 0.29) is 5.91 Å². The van der Waals surface area contributed by atoms with E-state index in [1.807, 2.05) is 78.9 Å². The van der Waals surface area contributed by atoms with Crippen molar-refractivity contribution >= 4 is 40.3 Å². The molecule has 1 saturated heterocycles. The maximum absolute atomic E-state index is 12.0. The van der Waals surface area contributed by atoms with Gasteiger partial charge >= 0.3 is 0 Å². The molecule has 3 aromatic carbocycles. The number of nitrogens with one attached hydrogen (secondary N) is 1. The SMILES string of the molecule is O=C1NC(=S)S/C1=C/c1ccc(OCc2ccccc2)c(OCc2ccccc2)c1. The molecule has 0 aliphatic carbocycles. The average Bonchev–Trinajstić information content (AvgIpc) is 3.09. The molecule has 0 atom stereocenters. The minimum Gasteiger partial charge on any atom is -0.485 e. The lowest BCUT2D eigenvalue weighted by Crippen LogP contribution is -2.17. The third-order valence-electron chi connectivity index (χ3n) is 4.38. The molecule has 0 spiro atoms. The molecule has 4 nitrogen and oxygen atoms in total. The lowest BCUT2D eigenvalue weighted by atomic mass is 10.1. The van der Waals surface area contributed by atoms with Crippen LogP contribution in [0.1, 0.15) is 16.7 Å². The van der Waals surface area contributed by atoms with E-state index < -0.39 is 0 Å². The van der Waals surface area contributed by atoms with Crippen molar-refractivity contribution in [1.82, 2.24) is 5.32 Å². The molecular weight excluding hydrogens is 414 g/mol. The second kappa shape index (κ2) is 9.61. The normalized spacial score (nSPS) is 14.6. The van der Waals surface area contributed by atoms with Crippen LogP contribution in [0.3, 0.4) is 0 Å². The lowest BCUT2D eigenvalue weighted by Gasteiger charge is -2.14. The number of rotatable bonds is 7. The van der Waals surface area contributed by atoms with Crippen molar-refractivity contribution in [2.24, 2.45) is 0 Å². The number of ether oxygens (including phenoxy) is 2. The Bertz CT molecular complexity index is 1080. The molecule has 1 fully saturated rings. The van der Waals surface area contributed by atoms with E-state index in [2.05, 4.69) is 5.32 Å². The van der Waals surface area contributed by atoms with Crippen LogP contribution in [0.2, 0.25) is 0 Å². The van der Waals surface area contributed by atoms with Crippen LogP contribution in [0.5, 0.6) is 11.5 Å². The molecule has 150 valence electrons. The number of benzene rings is 3. The number of thioether (sulfide) groups is 1. The molecule has 0 radical (unpaired) electrons. The number of thiocarbonyl (C=S) groups is 1. The van der Waals surface area contributed by atoms with Gasteiger partial charge in [-0.1, -0.05) is 90.7 Å². The fourth-order valence-corrected chi connectivity index (χ4v) is 3.93. The highest BCUT2D eigenvalue weighted by molar-refractivity contribution is 8.26. The largest absolute Gasteiger partial charge is 0.485 e. The number of hydrogen-bond acceptors (Lipinski definition) is 5. The molecule has 6 heteroatoms. The van der Waals surface area contributed by atoms with Crippen molar-refractivity contribution in [3.05, 3.63) is 100 Å². The molecule has 30 heavy (non-hydrogen) atoms. The highest BCUT2D eigenvalue weighted by Gasteiger charge is 2.22. The van der Waals surface area contributed by atoms with Gasteiger partial charge in [-0.2, -0.15) is 0 Å². The third kappa shape index (κ3) is 5.28. The Hall–Kier alpha value is -3.09. The first-order valence-corrected chi connectivity index (χ1v) is 10.6. The van der Waals surface area contributed by atoms with E-state index in [0.29, 0.717) is 33.9 Å². The minimum absolute atomic E-state index is 0.179. The first-order valence-electron chi connectivity index (χ1n) is 9.40. The zero-order chi connectivity index (χ0) is 20.8. The highest BCUT2D eigenvalue weighted by Crippen LogP contribution is 2.33. The second-order valence-electron chi connectivity index (χ2n) is 6.61. The van der Waals surface area contributed by atoms with Crippen molar-refractivity contribution in [3.63, 3.8) is 0 Å². The summed E-state index contributed by atoms with van der Waals surface area (Å²) in [6.45, 7) is 0.859. The molecule has 1 amide bonds. The molecule has 1 aliphatic rings. The Labute approximate surface area is 184 Å². The Morgan fingerprint density at radius 2 is 1.43 bits per heavy atom. The zero-order valence-corrected chi connectivity index (χ0v) is 17.7. The van der Waals surface area contributed by atoms with Gasteiger partial charge in [0.1, 0.15) is 17.5 Å². The van der Waals surface area contributed by atoms with Gasteiger partial charge in [0.25, 0.3) is 5.91 Å². The summed E-state index contributed by atoms with van der Waals surface area (Å²) >= 11 is 6.31. The summed E-state index contributed by atoms with van der Waals surface area (Å²) in [6, 6.07) is 25.6. The van der Waals surface area contributed by atoms with Crippen LogP contribution in [-0.4, -0.2) is 10.2 Å². The van der Waals surface area contributed by atoms with Crippen molar-refractivity contribution in [2.75, 3.05) is 0 Å². The van der Waals surface area contributed by atoms with Crippen LogP contribution in [-0.2, 0) is 18.0 Å². The van der Waals surface area contributed by atoms with Crippen LogP contribution < -0.4 is 14.8 Å². The molecule has 0 unspecified atom stereocenters. The predicted molar refractivity (Wildman–Crippen MR) is 124 cm³/mol. The van der Waals surface area contributed by atoms with E-state index in [1.165, 1.54) is 11.8 Å². The maximum atomic E-state index is 12.0. The molecule has 1 heterocycles. The van der Waals surface area contributed by atoms with Gasteiger partial charge in [0.15, 0.2) is 11.5 Å². The van der Waals surface area contributed by atoms with Gasteiger partial charge in [-0.3, -0.25) is 4.79 Å². The van der Waals surface area contributed by atoms with Crippen molar-refractivity contribution in [3.8, 4) is 11.5 Å². The number of amides is 1. The molecule has 0 aromatic heterocycles. The van der Waals surface area contributed by atoms with Crippen LogP contribution in [0.25, 0.3) is 6.08 Å². The van der Waals surface area contributed by atoms with E-state index >= 15 is 0 Å². The van der Waals surface area contributed by atoms with Crippen LogP contribution in [0, 0.1) is 0 Å². The molecule has 4 rings (SSSR count). The van der Waals surface area contributed by atoms with Crippen LogP contribution in [0.15, 0.2) is 83.8 Å². The molecule has 1 aliphatic heterocycles. The summed E-state index contributed by atoms with van der Waals surface area (Å²) in [6.07, 6.45) is 1.80. The summed E-state index contributed by atoms with van der Waals surface area (Å²) in [5.74, 6) is 1.09. The third-order valence-corrected chi connectivity index (χ3v) is 5.54. The number of hydrogen-bond donors (Lipinski definition) is 1. The van der Waals surface area contributed by atoms with E-state index in [9.17, 15) is 4.79 Å². The highest BCUT2D eigenvalue weighted by atomic mass is 32.2. The van der Waals surface area contributed by atoms with E-state index in [4.69, 9.17) is 21.7 Å². The van der Waals surface area contributed by atoms with Crippen LogP contribution >= 0.6 is 24.0 Å². The van der Waals surface area contributed by atoms with Crippen molar-refractivity contribution in [1.29, 1.82) is 0 Å². The minimum atomic E-state index is -0.179. The van der Waals surface area contributed by atoms with Gasteiger partial charge in [0.05, 0.1) is 4.91 Å². The van der Waals surface area contributed by atoms with Crippen molar-refractivity contribution in [2.45, 2.75) is 13.2 Å². The Kier molecular flexibility index (Phi) is 6.47. The van der Waals surface area contributed by atoms with E-state index in [1.54, 1.807) is 6.08 Å². The summed E-state index contributed by atoms with van der Waals surface area (Å²) in [7, 11) is 0. The number of carbonyl (C=O) groups is 1. The smallest absolute Gasteiger partial charge is 0.263 e. The Balaban J connectivity index is 1.57. The van der Waals surface area contributed by atoms with Crippen LogP contribution in [0.4, 0.5) is 0 Å². The fraction of sp³-hybridized carbons (Fsp3) is 0.0833. The first-order chi connectivity index (χ1) is 14.7. The van der Waals surface area contributed by atoms with Gasteiger partial charge in [-0.05, 0) is 34.9 Å². The van der Waals surface area contributed by atoms with E-state index in [0.717, 1.165) is 16.7 Å². The lowest BCUT2D eigenvalue weighted by molar-refractivity contribution is -0.115. The zero-order valence-electron chi connectivity index (χ0n) is 16.0. The first kappa shape index (κ1) is 20.2. The van der Waals surface area contributed by atoms with Gasteiger partial charge in [-0.15, -0.1) is 0 Å². The Morgan fingerprint density at radius 1 is 0.833 bits per heavy atom. The second-order valence-corrected chi connectivity index (χ2v) is 8.33. The van der Waals surface area contributed by atoms with Crippen molar-refractivity contribution < 1.29 is 14.3 Å². The topological polar surface area (TPSA) is 47.6 Å². The number of carbonyl (C=O) groups excluding carboxylic acids is 1. The molecule has 0 saturated carbocycles. The molecule has 3 aromatic rings. The standard InChI is InChI=1S/C24H19NO3S2/c26-23-22(30-24(29)25-23)14-19-11-12-20(27-15-17-7-3-1-4-8-17)21(13-19)28-16-18-9-5-2-6-10-18/h1-14H,15-16H2,(H,25,26,29)/b22-14+. The van der Waals surface area contributed by atoms with Gasteiger partial charge in [0.2, 0.25) is 0 Å². The molecule has 0 bridgehead atoms. The molecule has 1 N–H and O–H groups in total. The summed E-state index contributed by atoms with van der Waals surface area (Å²) in [5, 5.41) is 2.63. The fourth-order valence-electron chi connectivity index (χ4n) is 2.89. The average molecular weight is 434 g/mol. The summed E-state index contributed by atoms with van der Waals surface area (Å²) in [5.41, 5.74) is 2.98. The quantitative estimate of drug-likeness (QED) is 0.403. The summed E-state index contributed by atoms with van der Waals surface area (Å²) in [4.78, 5) is 12.5. The summed E-state index contributed by atoms with van der Waals surface area (Å²) < 4.78 is 12.6.